The monoisotopic (exact) mass is 423 g/mol. The number of Topliss-reactive ketones (excluding diaryl/α,β-unsaturated/α-hetero) is 1. The third-order valence-corrected chi connectivity index (χ3v) is 4.99. The number of carbonyl (C=O) groups excluding carboxylic acids is 2. The Hall–Kier alpha value is -3.58. The zero-order chi connectivity index (χ0) is 22.4. The predicted molar refractivity (Wildman–Crippen MR) is 116 cm³/mol. The van der Waals surface area contributed by atoms with E-state index in [0.717, 1.165) is 0 Å². The van der Waals surface area contributed by atoms with Gasteiger partial charge in [0.15, 0.2) is 0 Å². The Balaban J connectivity index is 2.03. The first-order valence-corrected chi connectivity index (χ1v) is 9.88. The molecule has 7 nitrogen and oxygen atoms in total. The Morgan fingerprint density at radius 2 is 1.81 bits per heavy atom. The van der Waals surface area contributed by atoms with Crippen LogP contribution in [0.1, 0.15) is 23.6 Å². The van der Waals surface area contributed by atoms with E-state index in [-0.39, 0.29) is 23.6 Å². The second-order valence-corrected chi connectivity index (χ2v) is 7.05. The molecule has 1 saturated heterocycles. The quantitative estimate of drug-likeness (QED) is 0.211. The number of amides is 1. The molecular weight excluding hydrogens is 398 g/mol. The normalized spacial score (nSPS) is 17.7. The lowest BCUT2D eigenvalue weighted by Gasteiger charge is -2.25. The van der Waals surface area contributed by atoms with Gasteiger partial charge in [-0.3, -0.25) is 9.59 Å². The maximum absolute atomic E-state index is 12.9. The first-order chi connectivity index (χ1) is 15.0. The molecule has 0 aliphatic carbocycles. The molecule has 1 aliphatic rings. The third kappa shape index (κ3) is 4.78. The van der Waals surface area contributed by atoms with E-state index in [9.17, 15) is 19.8 Å². The number of benzene rings is 2. The number of phenols is 1. The molecule has 31 heavy (non-hydrogen) atoms. The molecule has 2 N–H and O–H groups in total. The molecule has 1 unspecified atom stereocenters. The Labute approximate surface area is 180 Å². The zero-order valence-electron chi connectivity index (χ0n) is 17.3. The number of methoxy groups -OCH3 is 1. The number of rotatable bonds is 9. The third-order valence-electron chi connectivity index (χ3n) is 4.99. The zero-order valence-corrected chi connectivity index (χ0v) is 17.3. The molecule has 0 radical (unpaired) electrons. The Kier molecular flexibility index (Phi) is 7.10. The van der Waals surface area contributed by atoms with Crippen LogP contribution in [0.3, 0.4) is 0 Å². The van der Waals surface area contributed by atoms with Gasteiger partial charge in [-0.25, -0.2) is 0 Å². The highest BCUT2D eigenvalue weighted by atomic mass is 16.5. The summed E-state index contributed by atoms with van der Waals surface area (Å²) in [5.74, 6) is -1.04. The van der Waals surface area contributed by atoms with Gasteiger partial charge in [0.25, 0.3) is 11.7 Å². The minimum atomic E-state index is -0.769. The lowest BCUT2D eigenvalue weighted by molar-refractivity contribution is -0.140. The maximum atomic E-state index is 12.9. The van der Waals surface area contributed by atoms with Crippen LogP contribution >= 0.6 is 0 Å². The van der Waals surface area contributed by atoms with Crippen molar-refractivity contribution in [3.05, 3.63) is 77.9 Å². The number of hydrogen-bond acceptors (Lipinski definition) is 6. The fourth-order valence-electron chi connectivity index (χ4n) is 3.51. The molecule has 0 bridgehead atoms. The molecule has 2 aromatic carbocycles. The van der Waals surface area contributed by atoms with Crippen molar-refractivity contribution in [2.45, 2.75) is 12.5 Å². The topological polar surface area (TPSA) is 96.3 Å². The van der Waals surface area contributed by atoms with Crippen LogP contribution < -0.4 is 4.74 Å². The van der Waals surface area contributed by atoms with Gasteiger partial charge in [0, 0.05) is 25.8 Å². The number of carbonyl (C=O) groups is 2. The standard InChI is InChI=1S/C24H25NO6/c1-3-14-31-19-11-7-17(8-12-19)22(27)20-21(16-5-9-18(26)10-6-16)25(13-4-15-30-2)24(29)23(20)28/h3,5-12,21,26-27H,1,4,13-15H2,2H3/b22-20+. The predicted octanol–water partition coefficient (Wildman–Crippen LogP) is 3.42. The highest BCUT2D eigenvalue weighted by molar-refractivity contribution is 6.46. The second-order valence-electron chi connectivity index (χ2n) is 7.05. The molecule has 162 valence electrons. The van der Waals surface area contributed by atoms with Gasteiger partial charge >= 0.3 is 0 Å². The number of nitrogens with zero attached hydrogens (tertiary/aromatic N) is 1. The highest BCUT2D eigenvalue weighted by Crippen LogP contribution is 2.40. The summed E-state index contributed by atoms with van der Waals surface area (Å²) in [6.07, 6.45) is 2.16. The molecule has 1 heterocycles. The van der Waals surface area contributed by atoms with Gasteiger partial charge in [0.2, 0.25) is 0 Å². The van der Waals surface area contributed by atoms with Crippen molar-refractivity contribution >= 4 is 17.4 Å². The smallest absolute Gasteiger partial charge is 0.295 e. The number of ketones is 1. The Bertz CT molecular complexity index is 978. The van der Waals surface area contributed by atoms with Crippen molar-refractivity contribution in [3.8, 4) is 11.5 Å². The maximum Gasteiger partial charge on any atom is 0.295 e. The van der Waals surface area contributed by atoms with E-state index in [4.69, 9.17) is 9.47 Å². The summed E-state index contributed by atoms with van der Waals surface area (Å²) in [7, 11) is 1.56. The lowest BCUT2D eigenvalue weighted by Crippen LogP contribution is -2.31. The molecule has 3 rings (SSSR count). The molecule has 1 atom stereocenters. The van der Waals surface area contributed by atoms with Crippen molar-refractivity contribution in [2.24, 2.45) is 0 Å². The summed E-state index contributed by atoms with van der Waals surface area (Å²) in [6, 6.07) is 12.1. The summed E-state index contributed by atoms with van der Waals surface area (Å²) < 4.78 is 10.5. The molecular formula is C24H25NO6. The fourth-order valence-corrected chi connectivity index (χ4v) is 3.51. The van der Waals surface area contributed by atoms with E-state index in [2.05, 4.69) is 6.58 Å². The largest absolute Gasteiger partial charge is 0.508 e. The summed E-state index contributed by atoms with van der Waals surface area (Å²) in [4.78, 5) is 27.1. The van der Waals surface area contributed by atoms with E-state index in [1.54, 1.807) is 49.6 Å². The number of phenolic OH excluding ortho intramolecular Hbond substituents is 1. The van der Waals surface area contributed by atoms with Crippen molar-refractivity contribution < 1.29 is 29.3 Å². The van der Waals surface area contributed by atoms with Crippen LogP contribution in [-0.2, 0) is 14.3 Å². The molecule has 7 heteroatoms. The van der Waals surface area contributed by atoms with E-state index in [1.807, 2.05) is 0 Å². The van der Waals surface area contributed by atoms with Crippen molar-refractivity contribution in [2.75, 3.05) is 26.9 Å². The summed E-state index contributed by atoms with van der Waals surface area (Å²) in [6.45, 7) is 4.66. The van der Waals surface area contributed by atoms with Gasteiger partial charge in [-0.15, -0.1) is 0 Å². The lowest BCUT2D eigenvalue weighted by atomic mass is 9.95. The molecule has 2 aromatic rings. The summed E-state index contributed by atoms with van der Waals surface area (Å²) in [5, 5.41) is 20.6. The van der Waals surface area contributed by atoms with Crippen LogP contribution in [0.5, 0.6) is 11.5 Å². The van der Waals surface area contributed by atoms with Crippen molar-refractivity contribution in [1.82, 2.24) is 4.90 Å². The molecule has 1 aliphatic heterocycles. The number of aromatic hydroxyl groups is 1. The van der Waals surface area contributed by atoms with E-state index < -0.39 is 17.7 Å². The molecule has 1 fully saturated rings. The van der Waals surface area contributed by atoms with Gasteiger partial charge in [0.05, 0.1) is 11.6 Å². The SMILES string of the molecule is C=CCOc1ccc(/C(O)=C2\C(=O)C(=O)N(CCCOC)C2c2ccc(O)cc2)cc1. The van der Waals surface area contributed by atoms with Crippen LogP contribution in [-0.4, -0.2) is 53.7 Å². The van der Waals surface area contributed by atoms with Crippen molar-refractivity contribution in [3.63, 3.8) is 0 Å². The van der Waals surface area contributed by atoms with Crippen LogP contribution in [0.4, 0.5) is 0 Å². The minimum Gasteiger partial charge on any atom is -0.508 e. The van der Waals surface area contributed by atoms with Gasteiger partial charge in [0.1, 0.15) is 23.9 Å². The molecule has 0 spiro atoms. The van der Waals surface area contributed by atoms with Crippen molar-refractivity contribution in [1.29, 1.82) is 0 Å². The van der Waals surface area contributed by atoms with Crippen LogP contribution in [0, 0.1) is 0 Å². The number of ether oxygens (including phenoxy) is 2. The number of aliphatic hydroxyl groups is 1. The van der Waals surface area contributed by atoms with Crippen LogP contribution in [0.25, 0.3) is 5.76 Å². The fraction of sp³-hybridized carbons (Fsp3) is 0.250. The molecule has 0 aromatic heterocycles. The average molecular weight is 423 g/mol. The summed E-state index contributed by atoms with van der Waals surface area (Å²) in [5.41, 5.74) is 1.01. The van der Waals surface area contributed by atoms with Gasteiger partial charge in [-0.2, -0.15) is 0 Å². The first kappa shape index (κ1) is 22.1. The van der Waals surface area contributed by atoms with E-state index in [0.29, 0.717) is 36.5 Å². The number of aliphatic hydroxyl groups excluding tert-OH is 1. The first-order valence-electron chi connectivity index (χ1n) is 9.88. The minimum absolute atomic E-state index is 0.00728. The highest BCUT2D eigenvalue weighted by Gasteiger charge is 2.45. The molecule has 1 amide bonds. The van der Waals surface area contributed by atoms with Gasteiger partial charge < -0.3 is 24.6 Å². The van der Waals surface area contributed by atoms with E-state index >= 15 is 0 Å². The van der Waals surface area contributed by atoms with Crippen LogP contribution in [0.15, 0.2) is 66.8 Å². The van der Waals surface area contributed by atoms with Crippen LogP contribution in [0.2, 0.25) is 0 Å². The number of likely N-dealkylation sites (tertiary alicyclic amines) is 1. The average Bonchev–Trinajstić information content (AvgIpc) is 3.03. The van der Waals surface area contributed by atoms with Gasteiger partial charge in [-0.1, -0.05) is 24.8 Å². The summed E-state index contributed by atoms with van der Waals surface area (Å²) >= 11 is 0. The van der Waals surface area contributed by atoms with Gasteiger partial charge in [-0.05, 0) is 48.4 Å². The Morgan fingerprint density at radius 3 is 2.42 bits per heavy atom. The van der Waals surface area contributed by atoms with E-state index in [1.165, 1.54) is 17.0 Å². The second kappa shape index (κ2) is 9.95. The Morgan fingerprint density at radius 1 is 1.13 bits per heavy atom. The molecule has 0 saturated carbocycles. The number of hydrogen-bond donors (Lipinski definition) is 2.